The van der Waals surface area contributed by atoms with Crippen molar-refractivity contribution in [2.75, 3.05) is 6.54 Å². The first-order chi connectivity index (χ1) is 9.15. The van der Waals surface area contributed by atoms with Crippen molar-refractivity contribution in [2.45, 2.75) is 26.4 Å². The van der Waals surface area contributed by atoms with Gasteiger partial charge in [0.1, 0.15) is 5.82 Å². The van der Waals surface area contributed by atoms with Gasteiger partial charge in [0.05, 0.1) is 12.2 Å². The van der Waals surface area contributed by atoms with E-state index in [1.165, 1.54) is 6.07 Å². The Morgan fingerprint density at radius 2 is 2.21 bits per heavy atom. The summed E-state index contributed by atoms with van der Waals surface area (Å²) in [4.78, 5) is 0. The quantitative estimate of drug-likeness (QED) is 0.911. The van der Waals surface area contributed by atoms with Crippen LogP contribution in [0.3, 0.4) is 0 Å². The van der Waals surface area contributed by atoms with Crippen molar-refractivity contribution >= 4 is 15.9 Å². The molecule has 1 heterocycles. The summed E-state index contributed by atoms with van der Waals surface area (Å²) in [6, 6.07) is 4.68. The molecule has 2 aromatic rings. The largest absolute Gasteiger partial charge is 0.306 e. The van der Waals surface area contributed by atoms with Gasteiger partial charge in [0.25, 0.3) is 0 Å². The van der Waals surface area contributed by atoms with Crippen LogP contribution in [-0.2, 0) is 6.54 Å². The molecular weight excluding hydrogens is 309 g/mol. The first-order valence-electron chi connectivity index (χ1n) is 6.36. The van der Waals surface area contributed by atoms with E-state index in [-0.39, 0.29) is 11.9 Å². The third-order valence-electron chi connectivity index (χ3n) is 2.99. The van der Waals surface area contributed by atoms with Gasteiger partial charge < -0.3 is 5.32 Å². The van der Waals surface area contributed by atoms with E-state index in [1.54, 1.807) is 12.1 Å². The van der Waals surface area contributed by atoms with Gasteiger partial charge in [0.15, 0.2) is 0 Å². The van der Waals surface area contributed by atoms with Crippen LogP contribution in [0.15, 0.2) is 35.1 Å². The van der Waals surface area contributed by atoms with E-state index < -0.39 is 0 Å². The first-order valence-corrected chi connectivity index (χ1v) is 7.15. The Balaban J connectivity index is 2.41. The zero-order chi connectivity index (χ0) is 13.8. The van der Waals surface area contributed by atoms with Gasteiger partial charge in [0, 0.05) is 22.8 Å². The van der Waals surface area contributed by atoms with Gasteiger partial charge in [-0.05, 0) is 37.2 Å². The topological polar surface area (TPSA) is 29.9 Å². The lowest BCUT2D eigenvalue weighted by Crippen LogP contribution is -2.22. The average molecular weight is 326 g/mol. The molecule has 1 atom stereocenters. The molecule has 0 saturated carbocycles. The van der Waals surface area contributed by atoms with Gasteiger partial charge in [-0.2, -0.15) is 5.10 Å². The third-order valence-corrected chi connectivity index (χ3v) is 3.71. The third kappa shape index (κ3) is 3.22. The summed E-state index contributed by atoms with van der Waals surface area (Å²) in [5, 5.41) is 7.65. The molecule has 102 valence electrons. The number of nitrogens with one attached hydrogen (secondary N) is 1. The van der Waals surface area contributed by atoms with Crippen molar-refractivity contribution in [1.29, 1.82) is 0 Å². The number of rotatable bonds is 5. The van der Waals surface area contributed by atoms with E-state index in [9.17, 15) is 4.39 Å². The Morgan fingerprint density at radius 3 is 2.84 bits per heavy atom. The predicted octanol–water partition coefficient (Wildman–Crippen LogP) is 3.50. The number of halogens is 2. The highest BCUT2D eigenvalue weighted by Crippen LogP contribution is 2.29. The summed E-state index contributed by atoms with van der Waals surface area (Å²) in [6.45, 7) is 5.69. The average Bonchev–Trinajstić information content (AvgIpc) is 2.88. The van der Waals surface area contributed by atoms with E-state index in [4.69, 9.17) is 0 Å². The van der Waals surface area contributed by atoms with Crippen LogP contribution < -0.4 is 5.32 Å². The van der Waals surface area contributed by atoms with Crippen LogP contribution in [0.4, 0.5) is 4.39 Å². The molecule has 0 spiro atoms. The SMILES string of the molecule is CCNC(c1cnn(CC)c1)c1cc(F)ccc1Br. The summed E-state index contributed by atoms with van der Waals surface area (Å²) >= 11 is 3.49. The van der Waals surface area contributed by atoms with E-state index in [2.05, 4.69) is 26.3 Å². The molecule has 5 heteroatoms. The second kappa shape index (κ2) is 6.30. The minimum Gasteiger partial charge on any atom is -0.306 e. The number of benzene rings is 1. The molecular formula is C14H17BrFN3. The highest BCUT2D eigenvalue weighted by molar-refractivity contribution is 9.10. The Kier molecular flexibility index (Phi) is 4.71. The second-order valence-electron chi connectivity index (χ2n) is 4.29. The predicted molar refractivity (Wildman–Crippen MR) is 77.5 cm³/mol. The zero-order valence-electron chi connectivity index (χ0n) is 11.0. The van der Waals surface area contributed by atoms with Crippen LogP contribution in [0.25, 0.3) is 0 Å². The Bertz CT molecular complexity index is 553. The molecule has 0 bridgehead atoms. The number of hydrogen-bond donors (Lipinski definition) is 1. The normalized spacial score (nSPS) is 12.6. The summed E-state index contributed by atoms with van der Waals surface area (Å²) in [7, 11) is 0. The van der Waals surface area contributed by atoms with Crippen LogP contribution >= 0.6 is 15.9 Å². The second-order valence-corrected chi connectivity index (χ2v) is 5.14. The summed E-state index contributed by atoms with van der Waals surface area (Å²) < 4.78 is 16.2. The van der Waals surface area contributed by atoms with Crippen molar-refractivity contribution in [3.63, 3.8) is 0 Å². The van der Waals surface area contributed by atoms with Crippen LogP contribution in [0.1, 0.15) is 31.0 Å². The van der Waals surface area contributed by atoms with Gasteiger partial charge in [-0.1, -0.05) is 22.9 Å². The Labute approximate surface area is 121 Å². The Hall–Kier alpha value is -1.20. The molecule has 2 rings (SSSR count). The van der Waals surface area contributed by atoms with Gasteiger partial charge >= 0.3 is 0 Å². The van der Waals surface area contributed by atoms with E-state index in [1.807, 2.05) is 30.9 Å². The monoisotopic (exact) mass is 325 g/mol. The lowest BCUT2D eigenvalue weighted by molar-refractivity contribution is 0.600. The molecule has 0 radical (unpaired) electrons. The highest BCUT2D eigenvalue weighted by Gasteiger charge is 2.18. The minimum absolute atomic E-state index is 0.0598. The van der Waals surface area contributed by atoms with Crippen molar-refractivity contribution in [1.82, 2.24) is 15.1 Å². The lowest BCUT2D eigenvalue weighted by Gasteiger charge is -2.18. The highest BCUT2D eigenvalue weighted by atomic mass is 79.9. The molecule has 0 fully saturated rings. The maximum Gasteiger partial charge on any atom is 0.123 e. The van der Waals surface area contributed by atoms with Crippen molar-refractivity contribution in [2.24, 2.45) is 0 Å². The number of aromatic nitrogens is 2. The number of hydrogen-bond acceptors (Lipinski definition) is 2. The van der Waals surface area contributed by atoms with Crippen LogP contribution in [0.5, 0.6) is 0 Å². The lowest BCUT2D eigenvalue weighted by atomic mass is 10.0. The fraction of sp³-hybridized carbons (Fsp3) is 0.357. The van der Waals surface area contributed by atoms with Crippen molar-refractivity contribution < 1.29 is 4.39 Å². The number of nitrogens with zero attached hydrogens (tertiary/aromatic N) is 2. The molecule has 1 aromatic heterocycles. The summed E-state index contributed by atoms with van der Waals surface area (Å²) in [6.07, 6.45) is 3.82. The minimum atomic E-state index is -0.232. The molecule has 0 aliphatic carbocycles. The van der Waals surface area contributed by atoms with Crippen molar-refractivity contribution in [3.8, 4) is 0 Å². The molecule has 1 N–H and O–H groups in total. The van der Waals surface area contributed by atoms with Gasteiger partial charge in [-0.25, -0.2) is 4.39 Å². The summed E-state index contributed by atoms with van der Waals surface area (Å²) in [5.74, 6) is -0.232. The van der Waals surface area contributed by atoms with Crippen LogP contribution in [-0.4, -0.2) is 16.3 Å². The molecule has 3 nitrogen and oxygen atoms in total. The first kappa shape index (κ1) is 14.2. The molecule has 1 unspecified atom stereocenters. The van der Waals surface area contributed by atoms with E-state index >= 15 is 0 Å². The Morgan fingerprint density at radius 1 is 1.42 bits per heavy atom. The molecule has 0 saturated heterocycles. The standard InChI is InChI=1S/C14H17BrFN3/c1-3-17-14(10-8-18-19(4-2)9-10)12-7-11(16)5-6-13(12)15/h5-9,14,17H,3-4H2,1-2H3. The molecule has 19 heavy (non-hydrogen) atoms. The van der Waals surface area contributed by atoms with Crippen molar-refractivity contribution in [3.05, 3.63) is 52.0 Å². The van der Waals surface area contributed by atoms with Crippen LogP contribution in [0, 0.1) is 5.82 Å². The molecule has 1 aromatic carbocycles. The molecule has 0 amide bonds. The van der Waals surface area contributed by atoms with Crippen LogP contribution in [0.2, 0.25) is 0 Å². The molecule has 0 aliphatic rings. The van der Waals surface area contributed by atoms with Gasteiger partial charge in [0.2, 0.25) is 0 Å². The van der Waals surface area contributed by atoms with E-state index in [0.29, 0.717) is 0 Å². The fourth-order valence-electron chi connectivity index (χ4n) is 2.05. The van der Waals surface area contributed by atoms with E-state index in [0.717, 1.165) is 28.7 Å². The summed E-state index contributed by atoms with van der Waals surface area (Å²) in [5.41, 5.74) is 1.92. The molecule has 0 aliphatic heterocycles. The maximum atomic E-state index is 13.5. The van der Waals surface area contributed by atoms with Gasteiger partial charge in [-0.15, -0.1) is 0 Å². The fourth-order valence-corrected chi connectivity index (χ4v) is 2.52. The maximum absolute atomic E-state index is 13.5. The smallest absolute Gasteiger partial charge is 0.123 e. The number of aryl methyl sites for hydroxylation is 1. The van der Waals surface area contributed by atoms with Gasteiger partial charge in [-0.3, -0.25) is 4.68 Å². The zero-order valence-corrected chi connectivity index (χ0v) is 12.6.